The molecule has 0 saturated heterocycles. The van der Waals surface area contributed by atoms with Crippen LogP contribution in [0, 0.1) is 23.7 Å². The van der Waals surface area contributed by atoms with Crippen LogP contribution in [0.3, 0.4) is 0 Å². The zero-order chi connectivity index (χ0) is 29.1. The van der Waals surface area contributed by atoms with Gasteiger partial charge < -0.3 is 25.6 Å². The van der Waals surface area contributed by atoms with E-state index < -0.39 is 23.3 Å². The molecule has 2 aromatic carbocycles. The SMILES string of the molecule is COc1cccc(OC)c1-c1cc(C(=O)NC2(C(=O)O)C3CC4CC(C3)CC2C4)nn1-c1ccc(C(N)=O)c(Cl)c1. The van der Waals surface area contributed by atoms with Crippen LogP contribution in [0.15, 0.2) is 42.5 Å². The molecule has 1 aromatic heterocycles. The molecule has 11 heteroatoms. The smallest absolute Gasteiger partial charge is 0.330 e. The van der Waals surface area contributed by atoms with Crippen LogP contribution in [0.25, 0.3) is 16.9 Å². The number of nitrogens with zero attached hydrogens (tertiary/aromatic N) is 2. The molecule has 1 heterocycles. The monoisotopic (exact) mass is 578 g/mol. The van der Waals surface area contributed by atoms with Crippen LogP contribution >= 0.6 is 11.6 Å². The first-order valence-electron chi connectivity index (χ1n) is 13.6. The second kappa shape index (κ2) is 10.1. The van der Waals surface area contributed by atoms with Gasteiger partial charge in [0.05, 0.1) is 41.8 Å². The molecular weight excluding hydrogens is 548 g/mol. The maximum Gasteiger partial charge on any atom is 0.330 e. The number of primary amides is 1. The average Bonchev–Trinajstić information content (AvgIpc) is 3.39. The number of ether oxygens (including phenoxy) is 2. The van der Waals surface area contributed by atoms with E-state index in [1.54, 1.807) is 30.3 Å². The number of carboxylic acid groups (broad SMARTS) is 1. The molecule has 4 saturated carbocycles. The standard InChI is InChI=1S/C30H31ClN4O6/c1-40-24-4-3-5-25(41-2)26(24)23-14-22(34-35(23)19-6-7-20(27(32)36)21(31)13-19)28(37)33-30(29(38)39)17-9-15-8-16(11-17)12-18(30)10-15/h3-7,13-18H,8-12H2,1-2H3,(H2,32,36)(H,33,37)(H,38,39). The van der Waals surface area contributed by atoms with Gasteiger partial charge in [0.25, 0.3) is 5.91 Å². The molecular formula is C30H31ClN4O6. The van der Waals surface area contributed by atoms with Gasteiger partial charge in [0.1, 0.15) is 17.0 Å². The summed E-state index contributed by atoms with van der Waals surface area (Å²) in [7, 11) is 3.04. The Labute approximate surface area is 241 Å². The summed E-state index contributed by atoms with van der Waals surface area (Å²) < 4.78 is 12.7. The zero-order valence-electron chi connectivity index (χ0n) is 22.7. The third-order valence-electron chi connectivity index (χ3n) is 9.19. The molecule has 0 radical (unpaired) electrons. The molecule has 4 aliphatic carbocycles. The van der Waals surface area contributed by atoms with Gasteiger partial charge in [0, 0.05) is 0 Å². The quantitative estimate of drug-likeness (QED) is 0.361. The fraction of sp³-hybridized carbons (Fsp3) is 0.400. The molecule has 4 fully saturated rings. The van der Waals surface area contributed by atoms with Crippen molar-refractivity contribution in [3.63, 3.8) is 0 Å². The van der Waals surface area contributed by atoms with Gasteiger partial charge in [-0.2, -0.15) is 5.10 Å². The van der Waals surface area contributed by atoms with Gasteiger partial charge in [-0.1, -0.05) is 17.7 Å². The van der Waals surface area contributed by atoms with Gasteiger partial charge in [0.15, 0.2) is 5.69 Å². The number of carboxylic acids is 1. The third kappa shape index (κ3) is 4.32. The number of aliphatic carboxylic acids is 1. The molecule has 7 rings (SSSR count). The Morgan fingerprint density at radius 1 is 1.00 bits per heavy atom. The Balaban J connectivity index is 1.46. The molecule has 4 N–H and O–H groups in total. The molecule has 3 aromatic rings. The Bertz CT molecular complexity index is 1520. The van der Waals surface area contributed by atoms with Crippen LogP contribution < -0.4 is 20.5 Å². The predicted octanol–water partition coefficient (Wildman–Crippen LogP) is 4.32. The molecule has 0 atom stereocenters. The second-order valence-corrected chi connectivity index (χ2v) is 11.7. The van der Waals surface area contributed by atoms with Gasteiger partial charge >= 0.3 is 5.97 Å². The Morgan fingerprint density at radius 2 is 1.61 bits per heavy atom. The van der Waals surface area contributed by atoms with Crippen LogP contribution in [0.4, 0.5) is 0 Å². The number of nitrogens with two attached hydrogens (primary N) is 1. The summed E-state index contributed by atoms with van der Waals surface area (Å²) in [6.07, 6.45) is 4.39. The Kier molecular flexibility index (Phi) is 6.68. The number of carbonyl (C=O) groups is 3. The van der Waals surface area contributed by atoms with E-state index in [-0.39, 0.29) is 28.1 Å². The van der Waals surface area contributed by atoms with Gasteiger partial charge in [-0.25, -0.2) is 9.48 Å². The van der Waals surface area contributed by atoms with Crippen molar-refractivity contribution in [3.8, 4) is 28.4 Å². The van der Waals surface area contributed by atoms with E-state index in [0.717, 1.165) is 32.1 Å². The van der Waals surface area contributed by atoms with Crippen molar-refractivity contribution < 1.29 is 29.0 Å². The van der Waals surface area contributed by atoms with Crippen molar-refractivity contribution >= 4 is 29.4 Å². The van der Waals surface area contributed by atoms with E-state index in [1.807, 2.05) is 0 Å². The number of halogens is 1. The van der Waals surface area contributed by atoms with Crippen LogP contribution in [0.1, 0.15) is 53.0 Å². The molecule has 10 nitrogen and oxygen atoms in total. The van der Waals surface area contributed by atoms with Crippen molar-refractivity contribution in [2.45, 2.75) is 37.6 Å². The lowest BCUT2D eigenvalue weighted by Gasteiger charge is -2.59. The van der Waals surface area contributed by atoms with E-state index in [2.05, 4.69) is 10.4 Å². The number of aromatic nitrogens is 2. The van der Waals surface area contributed by atoms with E-state index in [9.17, 15) is 19.5 Å². The van der Waals surface area contributed by atoms with Crippen molar-refractivity contribution in [1.82, 2.24) is 15.1 Å². The summed E-state index contributed by atoms with van der Waals surface area (Å²) in [4.78, 5) is 38.5. The van der Waals surface area contributed by atoms with Crippen molar-refractivity contribution in [1.29, 1.82) is 0 Å². The first kappa shape index (κ1) is 27.1. The minimum atomic E-state index is -1.33. The number of hydrogen-bond acceptors (Lipinski definition) is 6. The van der Waals surface area contributed by atoms with E-state index in [4.69, 9.17) is 26.8 Å². The van der Waals surface area contributed by atoms with Crippen molar-refractivity contribution in [3.05, 3.63) is 58.7 Å². The zero-order valence-corrected chi connectivity index (χ0v) is 23.5. The molecule has 214 valence electrons. The minimum Gasteiger partial charge on any atom is -0.496 e. The fourth-order valence-corrected chi connectivity index (χ4v) is 7.86. The van der Waals surface area contributed by atoms with Gasteiger partial charge in [-0.3, -0.25) is 9.59 Å². The molecule has 0 spiro atoms. The number of benzene rings is 2. The number of amides is 2. The van der Waals surface area contributed by atoms with Crippen molar-refractivity contribution in [2.24, 2.45) is 29.4 Å². The first-order chi connectivity index (χ1) is 19.7. The van der Waals surface area contributed by atoms with Gasteiger partial charge in [-0.05, 0) is 92.2 Å². The first-order valence-corrected chi connectivity index (χ1v) is 14.0. The fourth-order valence-electron chi connectivity index (χ4n) is 7.59. The highest BCUT2D eigenvalue weighted by Gasteiger charge is 2.62. The van der Waals surface area contributed by atoms with Gasteiger partial charge in [-0.15, -0.1) is 0 Å². The number of methoxy groups -OCH3 is 2. The van der Waals surface area contributed by atoms with E-state index >= 15 is 0 Å². The summed E-state index contributed by atoms with van der Waals surface area (Å²) in [5, 5.41) is 18.2. The summed E-state index contributed by atoms with van der Waals surface area (Å²) >= 11 is 6.37. The highest BCUT2D eigenvalue weighted by Crippen LogP contribution is 2.58. The molecule has 4 bridgehead atoms. The molecule has 4 aliphatic rings. The number of nitrogens with one attached hydrogen (secondary N) is 1. The number of carbonyl (C=O) groups excluding carboxylic acids is 2. The van der Waals surface area contributed by atoms with Crippen LogP contribution in [-0.4, -0.2) is 52.4 Å². The highest BCUT2D eigenvalue weighted by molar-refractivity contribution is 6.34. The lowest BCUT2D eigenvalue weighted by molar-refractivity contribution is -0.163. The second-order valence-electron chi connectivity index (χ2n) is 11.3. The molecule has 0 unspecified atom stereocenters. The number of rotatable bonds is 8. The number of hydrogen-bond donors (Lipinski definition) is 3. The summed E-state index contributed by atoms with van der Waals surface area (Å²) in [5.74, 6) is -0.470. The van der Waals surface area contributed by atoms with Gasteiger partial charge in [0.2, 0.25) is 5.91 Å². The largest absolute Gasteiger partial charge is 0.496 e. The average molecular weight is 579 g/mol. The molecule has 0 aliphatic heterocycles. The van der Waals surface area contributed by atoms with E-state index in [1.165, 1.54) is 31.0 Å². The lowest BCUT2D eigenvalue weighted by Crippen LogP contribution is -2.70. The Morgan fingerprint density at radius 3 is 2.12 bits per heavy atom. The minimum absolute atomic E-state index is 0.0255. The third-order valence-corrected chi connectivity index (χ3v) is 9.50. The van der Waals surface area contributed by atoms with Crippen LogP contribution in [-0.2, 0) is 4.79 Å². The topological polar surface area (TPSA) is 146 Å². The maximum atomic E-state index is 13.9. The van der Waals surface area contributed by atoms with Crippen LogP contribution in [0.5, 0.6) is 11.5 Å². The highest BCUT2D eigenvalue weighted by atomic mass is 35.5. The van der Waals surface area contributed by atoms with Crippen molar-refractivity contribution in [2.75, 3.05) is 14.2 Å². The summed E-state index contributed by atoms with van der Waals surface area (Å²) in [6, 6.07) is 11.5. The van der Waals surface area contributed by atoms with Crippen LogP contribution in [0.2, 0.25) is 5.02 Å². The normalized spacial score (nSPS) is 26.0. The molecule has 2 amide bonds. The molecule has 41 heavy (non-hydrogen) atoms. The predicted molar refractivity (Wildman–Crippen MR) is 151 cm³/mol. The maximum absolute atomic E-state index is 13.9. The summed E-state index contributed by atoms with van der Waals surface area (Å²) in [5.41, 5.74) is 5.70. The van der Waals surface area contributed by atoms with E-state index in [0.29, 0.717) is 40.3 Å². The lowest BCUT2D eigenvalue weighted by atomic mass is 9.48. The summed E-state index contributed by atoms with van der Waals surface area (Å²) in [6.45, 7) is 0. The Hall–Kier alpha value is -4.05.